The topological polar surface area (TPSA) is 0 Å². The van der Waals surface area contributed by atoms with Crippen molar-refractivity contribution in [3.63, 3.8) is 0 Å². The lowest BCUT2D eigenvalue weighted by atomic mass is 9.70. The smallest absolute Gasteiger partial charge is 0.00195 e. The Morgan fingerprint density at radius 2 is 1.44 bits per heavy atom. The van der Waals surface area contributed by atoms with Crippen molar-refractivity contribution in [2.75, 3.05) is 0 Å². The summed E-state index contributed by atoms with van der Waals surface area (Å²) in [6, 6.07) is 0. The van der Waals surface area contributed by atoms with Crippen LogP contribution in [0.2, 0.25) is 0 Å². The highest BCUT2D eigenvalue weighted by Gasteiger charge is 2.38. The normalized spacial score (nSPS) is 26.4. The molecule has 0 nitrogen and oxygen atoms in total. The van der Waals surface area contributed by atoms with Gasteiger partial charge in [0, 0.05) is 5.92 Å². The van der Waals surface area contributed by atoms with E-state index in [9.17, 15) is 0 Å². The average Bonchev–Trinajstić information content (AvgIpc) is 2.83. The summed E-state index contributed by atoms with van der Waals surface area (Å²) in [6.07, 6.45) is 10.7. The molecule has 0 radical (unpaired) electrons. The first-order chi connectivity index (χ1) is 8.21. The maximum absolute atomic E-state index is 2.51. The molecular formula is C18H30. The molecule has 0 saturated heterocycles. The van der Waals surface area contributed by atoms with Crippen LogP contribution in [0.3, 0.4) is 0 Å². The first-order valence-electron chi connectivity index (χ1n) is 7.64. The largest absolute Gasteiger partial charge is 0.0767 e. The second-order valence-electron chi connectivity index (χ2n) is 8.26. The molecule has 0 aromatic carbocycles. The predicted molar refractivity (Wildman–Crippen MR) is 80.5 cm³/mol. The van der Waals surface area contributed by atoms with E-state index in [0.29, 0.717) is 5.41 Å². The fourth-order valence-electron chi connectivity index (χ4n) is 3.83. The quantitative estimate of drug-likeness (QED) is 0.552. The van der Waals surface area contributed by atoms with Crippen LogP contribution in [0, 0.1) is 22.7 Å². The Morgan fingerprint density at radius 3 is 1.89 bits per heavy atom. The van der Waals surface area contributed by atoms with E-state index in [1.54, 1.807) is 11.1 Å². The van der Waals surface area contributed by atoms with Crippen LogP contribution in [0.1, 0.15) is 67.2 Å². The van der Waals surface area contributed by atoms with Crippen LogP contribution in [-0.4, -0.2) is 0 Å². The third kappa shape index (κ3) is 2.58. The van der Waals surface area contributed by atoms with Gasteiger partial charge in [0.25, 0.3) is 0 Å². The summed E-state index contributed by atoms with van der Waals surface area (Å²) >= 11 is 0. The lowest BCUT2D eigenvalue weighted by Gasteiger charge is -2.34. The van der Waals surface area contributed by atoms with Crippen molar-refractivity contribution in [1.29, 1.82) is 0 Å². The zero-order valence-corrected chi connectivity index (χ0v) is 13.1. The van der Waals surface area contributed by atoms with E-state index in [0.717, 1.165) is 11.8 Å². The standard InChI is InChI=1S/C18H30/c1-17(2,3)15-12-11-14(13-9-7-8-10-13)16(15)18(4,5)6/h11-14H,7-10H2,1-6H3. The molecular weight excluding hydrogens is 216 g/mol. The molecule has 1 atom stereocenters. The lowest BCUT2D eigenvalue weighted by Crippen LogP contribution is -2.24. The summed E-state index contributed by atoms with van der Waals surface area (Å²) in [7, 11) is 0. The zero-order chi connectivity index (χ0) is 13.6. The fraction of sp³-hybridized carbons (Fsp3) is 0.778. The average molecular weight is 246 g/mol. The van der Waals surface area contributed by atoms with E-state index in [-0.39, 0.29) is 5.41 Å². The van der Waals surface area contributed by atoms with Crippen molar-refractivity contribution in [3.05, 3.63) is 23.3 Å². The maximum Gasteiger partial charge on any atom is 0.00195 e. The minimum atomic E-state index is 0.284. The molecule has 0 bridgehead atoms. The number of allylic oxidation sites excluding steroid dienone is 4. The van der Waals surface area contributed by atoms with Gasteiger partial charge in [-0.25, -0.2) is 0 Å². The van der Waals surface area contributed by atoms with Crippen LogP contribution in [0.15, 0.2) is 23.3 Å². The number of hydrogen-bond acceptors (Lipinski definition) is 0. The molecule has 0 heterocycles. The van der Waals surface area contributed by atoms with Gasteiger partial charge in [-0.05, 0) is 35.2 Å². The van der Waals surface area contributed by atoms with Crippen molar-refractivity contribution < 1.29 is 0 Å². The molecule has 0 aromatic heterocycles. The van der Waals surface area contributed by atoms with Gasteiger partial charge in [0.05, 0.1) is 0 Å². The van der Waals surface area contributed by atoms with E-state index in [1.165, 1.54) is 25.7 Å². The van der Waals surface area contributed by atoms with Crippen molar-refractivity contribution in [3.8, 4) is 0 Å². The molecule has 18 heavy (non-hydrogen) atoms. The van der Waals surface area contributed by atoms with Gasteiger partial charge in [-0.3, -0.25) is 0 Å². The van der Waals surface area contributed by atoms with Gasteiger partial charge in [-0.1, -0.05) is 72.1 Å². The summed E-state index contributed by atoms with van der Waals surface area (Å²) in [5, 5.41) is 0. The second-order valence-corrected chi connectivity index (χ2v) is 8.26. The Bertz CT molecular complexity index is 362. The van der Waals surface area contributed by atoms with E-state index >= 15 is 0 Å². The maximum atomic E-state index is 2.51. The van der Waals surface area contributed by atoms with Crippen LogP contribution in [0.25, 0.3) is 0 Å². The minimum Gasteiger partial charge on any atom is -0.0767 e. The summed E-state index contributed by atoms with van der Waals surface area (Å²) < 4.78 is 0. The SMILES string of the molecule is CC(C)(C)C1=C(C(C)(C)C)C(C2CCCC2)C=C1. The van der Waals surface area contributed by atoms with Crippen molar-refractivity contribution in [2.24, 2.45) is 22.7 Å². The second kappa shape index (κ2) is 4.54. The Kier molecular flexibility index (Phi) is 3.51. The Labute approximate surface area is 114 Å². The van der Waals surface area contributed by atoms with E-state index in [1.807, 2.05) is 0 Å². The molecule has 1 unspecified atom stereocenters. The Balaban J connectivity index is 2.39. The van der Waals surface area contributed by atoms with Gasteiger partial charge in [0.15, 0.2) is 0 Å². The predicted octanol–water partition coefficient (Wildman–Crippen LogP) is 5.75. The molecule has 0 spiro atoms. The Hall–Kier alpha value is -0.520. The lowest BCUT2D eigenvalue weighted by molar-refractivity contribution is 0.361. The van der Waals surface area contributed by atoms with Gasteiger partial charge in [-0.2, -0.15) is 0 Å². The number of rotatable bonds is 1. The first-order valence-corrected chi connectivity index (χ1v) is 7.64. The molecule has 102 valence electrons. The molecule has 2 aliphatic rings. The van der Waals surface area contributed by atoms with E-state index in [4.69, 9.17) is 0 Å². The van der Waals surface area contributed by atoms with Gasteiger partial charge in [0.2, 0.25) is 0 Å². The molecule has 1 saturated carbocycles. The van der Waals surface area contributed by atoms with E-state index < -0.39 is 0 Å². The monoisotopic (exact) mass is 246 g/mol. The van der Waals surface area contributed by atoms with Crippen molar-refractivity contribution in [1.82, 2.24) is 0 Å². The molecule has 2 rings (SSSR count). The van der Waals surface area contributed by atoms with Crippen molar-refractivity contribution in [2.45, 2.75) is 67.2 Å². The third-order valence-corrected chi connectivity index (χ3v) is 4.62. The zero-order valence-electron chi connectivity index (χ0n) is 13.1. The molecule has 0 aromatic rings. The van der Waals surface area contributed by atoms with Crippen LogP contribution in [-0.2, 0) is 0 Å². The van der Waals surface area contributed by atoms with Gasteiger partial charge >= 0.3 is 0 Å². The summed E-state index contributed by atoms with van der Waals surface area (Å²) in [5.41, 5.74) is 3.92. The van der Waals surface area contributed by atoms with Crippen LogP contribution >= 0.6 is 0 Å². The van der Waals surface area contributed by atoms with E-state index in [2.05, 4.69) is 53.7 Å². The third-order valence-electron chi connectivity index (χ3n) is 4.62. The summed E-state index contributed by atoms with van der Waals surface area (Å²) in [4.78, 5) is 0. The summed E-state index contributed by atoms with van der Waals surface area (Å²) in [5.74, 6) is 1.64. The molecule has 0 amide bonds. The highest BCUT2D eigenvalue weighted by atomic mass is 14.4. The number of hydrogen-bond donors (Lipinski definition) is 0. The minimum absolute atomic E-state index is 0.284. The molecule has 2 aliphatic carbocycles. The van der Waals surface area contributed by atoms with Crippen molar-refractivity contribution >= 4 is 0 Å². The first kappa shape index (κ1) is 13.9. The highest BCUT2D eigenvalue weighted by molar-refractivity contribution is 5.43. The highest BCUT2D eigenvalue weighted by Crippen LogP contribution is 2.50. The Morgan fingerprint density at radius 1 is 0.889 bits per heavy atom. The van der Waals surface area contributed by atoms with Crippen LogP contribution in [0.4, 0.5) is 0 Å². The molecule has 0 heteroatoms. The van der Waals surface area contributed by atoms with Gasteiger partial charge in [0.1, 0.15) is 0 Å². The van der Waals surface area contributed by atoms with Crippen LogP contribution < -0.4 is 0 Å². The van der Waals surface area contributed by atoms with Gasteiger partial charge in [-0.15, -0.1) is 0 Å². The molecule has 1 fully saturated rings. The van der Waals surface area contributed by atoms with Gasteiger partial charge < -0.3 is 0 Å². The summed E-state index contributed by atoms with van der Waals surface area (Å²) in [6.45, 7) is 14.2. The van der Waals surface area contributed by atoms with Crippen LogP contribution in [0.5, 0.6) is 0 Å². The fourth-order valence-corrected chi connectivity index (χ4v) is 3.83. The molecule has 0 N–H and O–H groups in total. The molecule has 0 aliphatic heterocycles.